The third kappa shape index (κ3) is 3.66. The van der Waals surface area contributed by atoms with E-state index in [1.165, 1.54) is 0 Å². The molecule has 0 spiro atoms. The summed E-state index contributed by atoms with van der Waals surface area (Å²) < 4.78 is 0. The van der Waals surface area contributed by atoms with Crippen molar-refractivity contribution >= 4 is 11.8 Å². The van der Waals surface area contributed by atoms with Crippen molar-refractivity contribution in [1.29, 1.82) is 0 Å². The van der Waals surface area contributed by atoms with Gasteiger partial charge in [0.1, 0.15) is 5.82 Å². The van der Waals surface area contributed by atoms with Crippen LogP contribution >= 0.6 is 0 Å². The zero-order chi connectivity index (χ0) is 12.2. The predicted molar refractivity (Wildman–Crippen MR) is 67.0 cm³/mol. The van der Waals surface area contributed by atoms with Crippen LogP contribution in [-0.4, -0.2) is 16.5 Å². The summed E-state index contributed by atoms with van der Waals surface area (Å²) in [6.07, 6.45) is 1.67. The van der Waals surface area contributed by atoms with Gasteiger partial charge >= 0.3 is 0 Å². The first-order valence-corrected chi connectivity index (χ1v) is 5.47. The maximum absolute atomic E-state index is 5.24. The average Bonchev–Trinajstić information content (AvgIpc) is 2.25. The Hall–Kier alpha value is -1.36. The molecule has 0 aliphatic rings. The number of hydrogen-bond acceptors (Lipinski definition) is 5. The number of aromatic nitrogens is 2. The number of nitrogens with one attached hydrogen (secondary N) is 2. The molecule has 0 amide bonds. The van der Waals surface area contributed by atoms with Gasteiger partial charge in [-0.25, -0.2) is 10.8 Å². The van der Waals surface area contributed by atoms with Crippen LogP contribution in [0.2, 0.25) is 0 Å². The topological polar surface area (TPSA) is 75.9 Å². The third-order valence-corrected chi connectivity index (χ3v) is 2.85. The average molecular weight is 223 g/mol. The molecule has 16 heavy (non-hydrogen) atoms. The predicted octanol–water partition coefficient (Wildman–Crippen LogP) is 1.86. The van der Waals surface area contributed by atoms with Gasteiger partial charge in [-0.05, 0) is 17.4 Å². The van der Waals surface area contributed by atoms with Crippen molar-refractivity contribution in [2.45, 2.75) is 27.7 Å². The molecular formula is C11H21N5. The van der Waals surface area contributed by atoms with E-state index in [1.807, 2.05) is 6.07 Å². The largest absolute Gasteiger partial charge is 0.370 e. The normalized spacial score (nSPS) is 13.3. The number of anilines is 2. The van der Waals surface area contributed by atoms with Crippen molar-refractivity contribution in [2.24, 2.45) is 17.2 Å². The number of nitrogen functional groups attached to an aromatic ring is 1. The lowest BCUT2D eigenvalue weighted by Gasteiger charge is -2.27. The molecule has 0 saturated carbocycles. The number of nitrogens with two attached hydrogens (primary N) is 1. The summed E-state index contributed by atoms with van der Waals surface area (Å²) >= 11 is 0. The summed E-state index contributed by atoms with van der Waals surface area (Å²) in [5.74, 6) is 7.01. The van der Waals surface area contributed by atoms with E-state index in [9.17, 15) is 0 Å². The molecule has 1 rings (SSSR count). The van der Waals surface area contributed by atoms with Crippen molar-refractivity contribution in [1.82, 2.24) is 9.97 Å². The van der Waals surface area contributed by atoms with Gasteiger partial charge in [-0.2, -0.15) is 4.98 Å². The molecule has 1 aromatic heterocycles. The molecule has 0 radical (unpaired) electrons. The van der Waals surface area contributed by atoms with Crippen molar-refractivity contribution in [3.8, 4) is 0 Å². The van der Waals surface area contributed by atoms with E-state index < -0.39 is 0 Å². The highest BCUT2D eigenvalue weighted by Crippen LogP contribution is 2.25. The Morgan fingerprint density at radius 3 is 2.69 bits per heavy atom. The Bertz CT molecular complexity index is 331. The molecule has 90 valence electrons. The zero-order valence-electron chi connectivity index (χ0n) is 10.4. The van der Waals surface area contributed by atoms with Gasteiger partial charge in [0.15, 0.2) is 0 Å². The Morgan fingerprint density at radius 1 is 1.44 bits per heavy atom. The number of hydrogen-bond donors (Lipinski definition) is 3. The van der Waals surface area contributed by atoms with Crippen LogP contribution in [0.1, 0.15) is 27.7 Å². The molecule has 0 aromatic carbocycles. The number of hydrazine groups is 1. The molecule has 0 aliphatic carbocycles. The van der Waals surface area contributed by atoms with Gasteiger partial charge in [-0.15, -0.1) is 0 Å². The summed E-state index contributed by atoms with van der Waals surface area (Å²) in [7, 11) is 0. The molecule has 0 saturated heterocycles. The summed E-state index contributed by atoms with van der Waals surface area (Å²) in [4.78, 5) is 8.13. The van der Waals surface area contributed by atoms with Crippen LogP contribution < -0.4 is 16.6 Å². The van der Waals surface area contributed by atoms with Gasteiger partial charge in [0, 0.05) is 12.7 Å². The molecule has 5 nitrogen and oxygen atoms in total. The van der Waals surface area contributed by atoms with Crippen LogP contribution in [0.5, 0.6) is 0 Å². The number of nitrogens with zero attached hydrogens (tertiary/aromatic N) is 2. The minimum atomic E-state index is 0.287. The van der Waals surface area contributed by atoms with Gasteiger partial charge in [-0.3, -0.25) is 5.43 Å². The maximum atomic E-state index is 5.24. The van der Waals surface area contributed by atoms with Gasteiger partial charge in [0.05, 0.1) is 0 Å². The lowest BCUT2D eigenvalue weighted by molar-refractivity contribution is 0.274. The fourth-order valence-corrected chi connectivity index (χ4v) is 1.09. The van der Waals surface area contributed by atoms with Crippen molar-refractivity contribution in [3.63, 3.8) is 0 Å². The highest BCUT2D eigenvalue weighted by molar-refractivity contribution is 5.38. The van der Waals surface area contributed by atoms with Crippen LogP contribution in [0.15, 0.2) is 12.3 Å². The van der Waals surface area contributed by atoms with Crippen molar-refractivity contribution in [3.05, 3.63) is 12.3 Å². The fourth-order valence-electron chi connectivity index (χ4n) is 1.09. The minimum Gasteiger partial charge on any atom is -0.370 e. The van der Waals surface area contributed by atoms with Crippen LogP contribution in [0.25, 0.3) is 0 Å². The standard InChI is InChI=1S/C11H21N5/c1-8(11(2,3)4)7-14-9-5-6-13-10(15-9)16-12/h5-6,8H,7,12H2,1-4H3,(H2,13,14,15,16). The Balaban J connectivity index is 2.54. The van der Waals surface area contributed by atoms with Crippen LogP contribution in [0.4, 0.5) is 11.8 Å². The molecule has 1 unspecified atom stereocenters. The molecular weight excluding hydrogens is 202 g/mol. The summed E-state index contributed by atoms with van der Waals surface area (Å²) in [5, 5.41) is 3.28. The molecule has 0 fully saturated rings. The summed E-state index contributed by atoms with van der Waals surface area (Å²) in [6, 6.07) is 1.83. The van der Waals surface area contributed by atoms with E-state index in [-0.39, 0.29) is 5.41 Å². The second-order valence-corrected chi connectivity index (χ2v) is 5.06. The Morgan fingerprint density at radius 2 is 2.12 bits per heavy atom. The molecule has 0 bridgehead atoms. The first kappa shape index (κ1) is 12.7. The molecule has 1 atom stereocenters. The highest BCUT2D eigenvalue weighted by atomic mass is 15.3. The smallest absolute Gasteiger partial charge is 0.239 e. The van der Waals surface area contributed by atoms with Crippen molar-refractivity contribution < 1.29 is 0 Å². The van der Waals surface area contributed by atoms with Gasteiger partial charge in [0.2, 0.25) is 5.95 Å². The Kier molecular flexibility index (Phi) is 4.06. The van der Waals surface area contributed by atoms with E-state index in [0.29, 0.717) is 11.9 Å². The Labute approximate surface area is 96.8 Å². The highest BCUT2D eigenvalue weighted by Gasteiger charge is 2.19. The third-order valence-electron chi connectivity index (χ3n) is 2.85. The minimum absolute atomic E-state index is 0.287. The summed E-state index contributed by atoms with van der Waals surface area (Å²) in [5.41, 5.74) is 2.71. The second kappa shape index (κ2) is 5.12. The fraction of sp³-hybridized carbons (Fsp3) is 0.636. The molecule has 1 aromatic rings. The number of rotatable bonds is 4. The summed E-state index contributed by atoms with van der Waals surface area (Å²) in [6.45, 7) is 9.78. The van der Waals surface area contributed by atoms with Crippen LogP contribution in [-0.2, 0) is 0 Å². The second-order valence-electron chi connectivity index (χ2n) is 5.06. The molecule has 1 heterocycles. The van der Waals surface area contributed by atoms with E-state index >= 15 is 0 Å². The molecule has 4 N–H and O–H groups in total. The molecule has 5 heteroatoms. The lowest BCUT2D eigenvalue weighted by atomic mass is 9.82. The van der Waals surface area contributed by atoms with E-state index in [4.69, 9.17) is 5.84 Å². The van der Waals surface area contributed by atoms with Crippen LogP contribution in [0, 0.1) is 11.3 Å². The first-order valence-electron chi connectivity index (χ1n) is 5.47. The lowest BCUT2D eigenvalue weighted by Crippen LogP contribution is -2.25. The SMILES string of the molecule is CC(CNc1ccnc(NN)n1)C(C)(C)C. The van der Waals surface area contributed by atoms with Crippen LogP contribution in [0.3, 0.4) is 0 Å². The first-order chi connectivity index (χ1) is 7.43. The molecule has 0 aliphatic heterocycles. The maximum Gasteiger partial charge on any atom is 0.239 e. The van der Waals surface area contributed by atoms with Gasteiger partial charge in [0.25, 0.3) is 0 Å². The van der Waals surface area contributed by atoms with E-state index in [0.717, 1.165) is 12.4 Å². The van der Waals surface area contributed by atoms with E-state index in [1.54, 1.807) is 6.20 Å². The van der Waals surface area contributed by atoms with Gasteiger partial charge in [-0.1, -0.05) is 27.7 Å². The van der Waals surface area contributed by atoms with Crippen molar-refractivity contribution in [2.75, 3.05) is 17.3 Å². The monoisotopic (exact) mass is 223 g/mol. The zero-order valence-corrected chi connectivity index (χ0v) is 10.4. The van der Waals surface area contributed by atoms with Gasteiger partial charge < -0.3 is 5.32 Å². The quantitative estimate of drug-likeness (QED) is 0.536. The van der Waals surface area contributed by atoms with E-state index in [2.05, 4.69) is 48.4 Å².